The normalized spacial score (nSPS) is 17.0. The molecule has 6 heteroatoms. The highest BCUT2D eigenvalue weighted by Gasteiger charge is 2.33. The Kier molecular flexibility index (Phi) is 4.53. The lowest BCUT2D eigenvalue weighted by Crippen LogP contribution is -2.31. The van der Waals surface area contributed by atoms with Gasteiger partial charge in [0.05, 0.1) is 18.4 Å². The van der Waals surface area contributed by atoms with E-state index in [1.165, 1.54) is 0 Å². The summed E-state index contributed by atoms with van der Waals surface area (Å²) in [5.74, 6) is 2.49. The highest BCUT2D eigenvalue weighted by molar-refractivity contribution is 9.10. The summed E-state index contributed by atoms with van der Waals surface area (Å²) in [7, 11) is 0. The van der Waals surface area contributed by atoms with Gasteiger partial charge in [0.25, 0.3) is 0 Å². The molecule has 0 unspecified atom stereocenters. The van der Waals surface area contributed by atoms with Crippen LogP contribution in [0.25, 0.3) is 6.08 Å². The van der Waals surface area contributed by atoms with Crippen LogP contribution in [0.2, 0.25) is 0 Å². The summed E-state index contributed by atoms with van der Waals surface area (Å²) in [6.07, 6.45) is 3.44. The van der Waals surface area contributed by atoms with Crippen molar-refractivity contribution in [2.75, 3.05) is 6.73 Å². The van der Waals surface area contributed by atoms with E-state index in [1.54, 1.807) is 12.3 Å². The van der Waals surface area contributed by atoms with E-state index in [9.17, 15) is 4.79 Å². The van der Waals surface area contributed by atoms with Crippen LogP contribution in [0.3, 0.4) is 0 Å². The van der Waals surface area contributed by atoms with Crippen LogP contribution >= 0.6 is 15.9 Å². The monoisotopic (exact) mass is 451 g/mol. The third kappa shape index (κ3) is 3.28. The van der Waals surface area contributed by atoms with Gasteiger partial charge < -0.3 is 13.9 Å². The number of furan rings is 1. The number of benzene rings is 2. The lowest BCUT2D eigenvalue weighted by molar-refractivity contribution is 0.0813. The van der Waals surface area contributed by atoms with Crippen molar-refractivity contribution < 1.29 is 18.7 Å². The summed E-state index contributed by atoms with van der Waals surface area (Å²) in [6.45, 7) is 3.73. The van der Waals surface area contributed by atoms with E-state index < -0.39 is 0 Å². The van der Waals surface area contributed by atoms with E-state index in [2.05, 4.69) is 20.8 Å². The molecule has 146 valence electrons. The van der Waals surface area contributed by atoms with E-state index in [4.69, 9.17) is 13.9 Å². The molecule has 0 fully saturated rings. The third-order valence-corrected chi connectivity index (χ3v) is 5.88. The summed E-state index contributed by atoms with van der Waals surface area (Å²) >= 11 is 3.51. The number of Topliss-reactive ketones (excluding diaryl/α,β-unsaturated/α-hetero) is 1. The van der Waals surface area contributed by atoms with Gasteiger partial charge in [-0.2, -0.15) is 0 Å². The fourth-order valence-corrected chi connectivity index (χ4v) is 4.15. The van der Waals surface area contributed by atoms with E-state index in [1.807, 2.05) is 49.4 Å². The minimum Gasteiger partial charge on any atom is -0.477 e. The van der Waals surface area contributed by atoms with Gasteiger partial charge in [-0.25, -0.2) is 0 Å². The van der Waals surface area contributed by atoms with Crippen LogP contribution < -0.4 is 9.47 Å². The highest BCUT2D eigenvalue weighted by Crippen LogP contribution is 2.43. The molecule has 2 aliphatic rings. The topological polar surface area (TPSA) is 51.9 Å². The van der Waals surface area contributed by atoms with Gasteiger partial charge in [-0.15, -0.1) is 0 Å². The summed E-state index contributed by atoms with van der Waals surface area (Å²) < 4.78 is 18.3. The quantitative estimate of drug-likeness (QED) is 0.504. The smallest absolute Gasteiger partial charge is 0.231 e. The zero-order chi connectivity index (χ0) is 20.0. The number of carbonyl (C=O) groups excluding carboxylic acids is 1. The van der Waals surface area contributed by atoms with Gasteiger partial charge in [0.2, 0.25) is 5.78 Å². The second kappa shape index (κ2) is 7.21. The van der Waals surface area contributed by atoms with Crippen LogP contribution in [0.4, 0.5) is 0 Å². The van der Waals surface area contributed by atoms with Crippen LogP contribution in [0.15, 0.2) is 63.4 Å². The summed E-state index contributed by atoms with van der Waals surface area (Å²) in [5.41, 5.74) is 3.33. The molecule has 0 N–H and O–H groups in total. The minimum absolute atomic E-state index is 0.107. The largest absolute Gasteiger partial charge is 0.477 e. The van der Waals surface area contributed by atoms with Gasteiger partial charge in [-0.05, 0) is 42.8 Å². The van der Waals surface area contributed by atoms with Gasteiger partial charge in [0.15, 0.2) is 5.76 Å². The van der Waals surface area contributed by atoms with Crippen molar-refractivity contribution in [1.82, 2.24) is 4.90 Å². The minimum atomic E-state index is -0.107. The van der Waals surface area contributed by atoms with Crippen molar-refractivity contribution in [2.24, 2.45) is 0 Å². The number of ether oxygens (including phenoxy) is 2. The average molecular weight is 452 g/mol. The molecule has 0 atom stereocenters. The molecule has 0 amide bonds. The van der Waals surface area contributed by atoms with Crippen molar-refractivity contribution in [1.29, 1.82) is 0 Å². The first kappa shape index (κ1) is 18.2. The lowest BCUT2D eigenvalue weighted by Gasteiger charge is -2.29. The second-order valence-corrected chi connectivity index (χ2v) is 8.02. The molecule has 0 saturated carbocycles. The summed E-state index contributed by atoms with van der Waals surface area (Å²) in [4.78, 5) is 15.1. The van der Waals surface area contributed by atoms with Crippen molar-refractivity contribution in [3.05, 3.63) is 87.0 Å². The molecule has 0 saturated heterocycles. The van der Waals surface area contributed by atoms with E-state index >= 15 is 0 Å². The van der Waals surface area contributed by atoms with Gasteiger partial charge in [0, 0.05) is 22.1 Å². The van der Waals surface area contributed by atoms with Gasteiger partial charge >= 0.3 is 0 Å². The van der Waals surface area contributed by atoms with Crippen molar-refractivity contribution in [2.45, 2.75) is 20.0 Å². The van der Waals surface area contributed by atoms with Crippen LogP contribution in [0.5, 0.6) is 11.5 Å². The van der Waals surface area contributed by atoms with Crippen LogP contribution in [-0.4, -0.2) is 17.4 Å². The second-order valence-electron chi connectivity index (χ2n) is 7.17. The summed E-state index contributed by atoms with van der Waals surface area (Å²) in [6, 6.07) is 13.4. The number of allylic oxidation sites excluding steroid dienone is 1. The zero-order valence-electron chi connectivity index (χ0n) is 15.8. The molecule has 29 heavy (non-hydrogen) atoms. The van der Waals surface area contributed by atoms with Crippen LogP contribution in [0, 0.1) is 6.92 Å². The number of hydrogen-bond acceptors (Lipinski definition) is 5. The molecule has 3 heterocycles. The number of ketones is 1. The molecule has 5 rings (SSSR count). The molecule has 0 aliphatic carbocycles. The van der Waals surface area contributed by atoms with Crippen molar-refractivity contribution in [3.8, 4) is 11.5 Å². The SMILES string of the molecule is Cc1c2c(cc3c1O/C(=C\c1ccccc1Br)C3=O)CN(Cc1ccco1)CO2. The Labute approximate surface area is 176 Å². The van der Waals surface area contributed by atoms with Crippen LogP contribution in [-0.2, 0) is 13.1 Å². The maximum atomic E-state index is 13.0. The molecular formula is C23H18BrNO4. The zero-order valence-corrected chi connectivity index (χ0v) is 17.4. The number of rotatable bonds is 3. The first-order chi connectivity index (χ1) is 14.1. The standard InChI is InChI=1S/C23H18BrNO4/c1-14-22-16(11-25(13-28-22)12-17-6-4-8-27-17)9-18-21(26)20(29-23(14)18)10-15-5-2-3-7-19(15)24/h2-10H,11-13H2,1H3/b20-10-. The third-order valence-electron chi connectivity index (χ3n) is 5.15. The Morgan fingerprint density at radius 2 is 2.03 bits per heavy atom. The Morgan fingerprint density at radius 1 is 1.17 bits per heavy atom. The first-order valence-electron chi connectivity index (χ1n) is 9.33. The fourth-order valence-electron chi connectivity index (χ4n) is 3.75. The molecule has 3 aromatic rings. The number of hydrogen-bond donors (Lipinski definition) is 0. The predicted molar refractivity (Wildman–Crippen MR) is 112 cm³/mol. The van der Waals surface area contributed by atoms with E-state index in [0.29, 0.717) is 36.9 Å². The Bertz CT molecular complexity index is 1130. The molecule has 2 aliphatic heterocycles. The molecule has 5 nitrogen and oxygen atoms in total. The number of nitrogens with zero attached hydrogens (tertiary/aromatic N) is 1. The predicted octanol–water partition coefficient (Wildman–Crippen LogP) is 5.32. The number of carbonyl (C=O) groups is 1. The van der Waals surface area contributed by atoms with E-state index in [0.717, 1.165) is 32.7 Å². The Hall–Kier alpha value is -2.83. The van der Waals surface area contributed by atoms with Gasteiger partial charge in [-0.1, -0.05) is 34.1 Å². The Balaban J connectivity index is 1.46. The fraction of sp³-hybridized carbons (Fsp3) is 0.174. The molecule has 0 spiro atoms. The molecule has 2 aromatic carbocycles. The first-order valence-corrected chi connectivity index (χ1v) is 10.1. The highest BCUT2D eigenvalue weighted by atomic mass is 79.9. The average Bonchev–Trinajstić information content (AvgIpc) is 3.33. The lowest BCUT2D eigenvalue weighted by atomic mass is 10.00. The van der Waals surface area contributed by atoms with Gasteiger partial charge in [-0.3, -0.25) is 9.69 Å². The van der Waals surface area contributed by atoms with Crippen LogP contribution in [0.1, 0.15) is 32.8 Å². The number of fused-ring (bicyclic) bond motifs is 2. The molecule has 0 bridgehead atoms. The summed E-state index contributed by atoms with van der Waals surface area (Å²) in [5, 5.41) is 0. The van der Waals surface area contributed by atoms with Gasteiger partial charge in [0.1, 0.15) is 24.0 Å². The van der Waals surface area contributed by atoms with E-state index in [-0.39, 0.29) is 5.78 Å². The Morgan fingerprint density at radius 3 is 2.83 bits per heavy atom. The van der Waals surface area contributed by atoms with Crippen molar-refractivity contribution >= 4 is 27.8 Å². The molecule has 1 aromatic heterocycles. The molecular weight excluding hydrogens is 434 g/mol. The molecule has 0 radical (unpaired) electrons. The number of halogens is 1. The maximum absolute atomic E-state index is 13.0. The maximum Gasteiger partial charge on any atom is 0.231 e. The van der Waals surface area contributed by atoms with Crippen molar-refractivity contribution in [3.63, 3.8) is 0 Å².